The predicted molar refractivity (Wildman–Crippen MR) is 55.1 cm³/mol. The number of nitrogen functional groups attached to an aromatic ring is 2. The molecule has 0 aliphatic carbocycles. The van der Waals surface area contributed by atoms with Crippen molar-refractivity contribution >= 4 is 28.1 Å². The van der Waals surface area contributed by atoms with E-state index in [2.05, 4.69) is 25.4 Å². The van der Waals surface area contributed by atoms with Gasteiger partial charge in [-0.25, -0.2) is 5.14 Å². The zero-order chi connectivity index (χ0) is 12.8. The van der Waals surface area contributed by atoms with Gasteiger partial charge in [-0.1, -0.05) is 0 Å². The van der Waals surface area contributed by atoms with Crippen LogP contribution in [0.5, 0.6) is 0 Å². The number of hydrogen-bond acceptors (Lipinski definition) is 9. The van der Waals surface area contributed by atoms with Crippen LogP contribution in [0.15, 0.2) is 0 Å². The number of nitrogens with two attached hydrogens (primary N) is 3. The number of hydrogen-bond donors (Lipinski definition) is 6. The Labute approximate surface area is 90.6 Å². The minimum absolute atomic E-state index is 0.0217. The summed E-state index contributed by atoms with van der Waals surface area (Å²) in [5, 5.41) is 14.7. The molecule has 0 aliphatic rings. The van der Waals surface area contributed by atoms with Gasteiger partial charge >= 0.3 is 10.3 Å². The lowest BCUT2D eigenvalue weighted by atomic mass is 10.8. The number of aliphatic hydroxyl groups excluding tert-OH is 1. The SMILES string of the molecule is NS(=O)(=O)O.Nc1nc(N)nc(NCO)n1. The fraction of sp³-hybridized carbons (Fsp3) is 0.250. The van der Waals surface area contributed by atoms with Gasteiger partial charge < -0.3 is 21.9 Å². The Morgan fingerprint density at radius 3 is 1.88 bits per heavy atom. The van der Waals surface area contributed by atoms with E-state index in [0.717, 1.165) is 0 Å². The van der Waals surface area contributed by atoms with E-state index in [9.17, 15) is 0 Å². The third kappa shape index (κ3) is 8.82. The van der Waals surface area contributed by atoms with Crippen LogP contribution in [0.3, 0.4) is 0 Å². The minimum atomic E-state index is -4.17. The quantitative estimate of drug-likeness (QED) is 0.235. The molecule has 0 saturated carbocycles. The first kappa shape index (κ1) is 14.2. The summed E-state index contributed by atoms with van der Waals surface area (Å²) < 4.78 is 25.2. The van der Waals surface area contributed by atoms with Crippen LogP contribution in [-0.2, 0) is 10.3 Å². The summed E-state index contributed by atoms with van der Waals surface area (Å²) in [6.07, 6.45) is 0. The highest BCUT2D eigenvalue weighted by atomic mass is 32.2. The van der Waals surface area contributed by atoms with Crippen LogP contribution in [0.4, 0.5) is 17.8 Å². The molecule has 0 saturated heterocycles. The molecule has 0 radical (unpaired) electrons. The highest BCUT2D eigenvalue weighted by Gasteiger charge is 1.98. The van der Waals surface area contributed by atoms with Gasteiger partial charge in [0.25, 0.3) is 0 Å². The summed E-state index contributed by atoms with van der Waals surface area (Å²) in [4.78, 5) is 10.8. The second-order valence-electron chi connectivity index (χ2n) is 2.23. The van der Waals surface area contributed by atoms with Gasteiger partial charge in [-0.15, -0.1) is 0 Å². The molecule has 12 heteroatoms. The predicted octanol–water partition coefficient (Wildman–Crippen LogP) is -2.85. The summed E-state index contributed by atoms with van der Waals surface area (Å²) in [6.45, 7) is -0.275. The molecule has 0 amide bonds. The molecule has 1 aromatic rings. The van der Waals surface area contributed by atoms with E-state index in [1.54, 1.807) is 0 Å². The monoisotopic (exact) mass is 253 g/mol. The highest BCUT2D eigenvalue weighted by molar-refractivity contribution is 7.83. The van der Waals surface area contributed by atoms with E-state index in [-0.39, 0.29) is 24.6 Å². The average molecular weight is 253 g/mol. The fourth-order valence-electron chi connectivity index (χ4n) is 0.559. The van der Waals surface area contributed by atoms with Crippen molar-refractivity contribution in [2.75, 3.05) is 23.5 Å². The van der Waals surface area contributed by atoms with Crippen LogP contribution in [0, 0.1) is 0 Å². The van der Waals surface area contributed by atoms with E-state index in [1.165, 1.54) is 0 Å². The van der Waals surface area contributed by atoms with Crippen molar-refractivity contribution in [2.24, 2.45) is 5.14 Å². The standard InChI is InChI=1S/C4H8N6O.H3NO3S/c5-2-8-3(6)10-4(9-2)7-1-11;1-5(2,3)4/h11H,1H2,(H5,5,6,7,8,9,10);(H3,1,2,3,4). The Hall–Kier alpha value is -1.76. The van der Waals surface area contributed by atoms with Gasteiger partial charge in [-0.05, 0) is 0 Å². The average Bonchev–Trinajstić information content (AvgIpc) is 1.98. The number of aromatic nitrogens is 3. The molecule has 1 heterocycles. The topological polar surface area (TPSA) is 203 Å². The zero-order valence-corrected chi connectivity index (χ0v) is 8.72. The van der Waals surface area contributed by atoms with Gasteiger partial charge in [-0.3, -0.25) is 4.55 Å². The Morgan fingerprint density at radius 1 is 1.19 bits per heavy atom. The Bertz CT molecular complexity index is 406. The van der Waals surface area contributed by atoms with Crippen molar-refractivity contribution in [2.45, 2.75) is 0 Å². The van der Waals surface area contributed by atoms with Crippen molar-refractivity contribution < 1.29 is 18.1 Å². The van der Waals surface area contributed by atoms with Gasteiger partial charge in [0.15, 0.2) is 0 Å². The molecule has 0 bridgehead atoms. The molecule has 0 unspecified atom stereocenters. The molecule has 9 N–H and O–H groups in total. The molecule has 1 aromatic heterocycles. The number of nitrogens with one attached hydrogen (secondary N) is 1. The van der Waals surface area contributed by atoms with Gasteiger partial charge in [0, 0.05) is 0 Å². The molecule has 1 rings (SSSR count). The lowest BCUT2D eigenvalue weighted by Gasteiger charge is -2.00. The smallest absolute Gasteiger partial charge is 0.330 e. The van der Waals surface area contributed by atoms with Crippen molar-refractivity contribution in [1.29, 1.82) is 0 Å². The van der Waals surface area contributed by atoms with Crippen molar-refractivity contribution in [1.82, 2.24) is 15.0 Å². The van der Waals surface area contributed by atoms with Gasteiger partial charge in [-0.2, -0.15) is 23.4 Å². The van der Waals surface area contributed by atoms with E-state index in [0.29, 0.717) is 0 Å². The first-order valence-corrected chi connectivity index (χ1v) is 5.09. The third-order valence-corrected chi connectivity index (χ3v) is 0.907. The minimum Gasteiger partial charge on any atom is -0.376 e. The molecule has 0 aliphatic heterocycles. The maximum Gasteiger partial charge on any atom is 0.330 e. The van der Waals surface area contributed by atoms with Crippen molar-refractivity contribution in [3.63, 3.8) is 0 Å². The second kappa shape index (κ2) is 5.96. The van der Waals surface area contributed by atoms with Crippen LogP contribution in [-0.4, -0.2) is 39.8 Å². The molecule has 0 aromatic carbocycles. The van der Waals surface area contributed by atoms with Gasteiger partial charge in [0.05, 0.1) is 0 Å². The summed E-state index contributed by atoms with van der Waals surface area (Å²) in [7, 11) is -4.17. The van der Waals surface area contributed by atoms with E-state index >= 15 is 0 Å². The number of aliphatic hydroxyl groups is 1. The zero-order valence-electron chi connectivity index (χ0n) is 7.90. The third-order valence-electron chi connectivity index (χ3n) is 0.907. The highest BCUT2D eigenvalue weighted by Crippen LogP contribution is 2.01. The van der Waals surface area contributed by atoms with Crippen LogP contribution in [0.25, 0.3) is 0 Å². The second-order valence-corrected chi connectivity index (χ2v) is 3.26. The molecular formula is C4H11N7O4S. The fourth-order valence-corrected chi connectivity index (χ4v) is 0.559. The van der Waals surface area contributed by atoms with E-state index in [1.807, 2.05) is 0 Å². The Balaban J connectivity index is 0.000000385. The van der Waals surface area contributed by atoms with Gasteiger partial charge in [0.1, 0.15) is 6.73 Å². The van der Waals surface area contributed by atoms with Crippen LogP contribution in [0.1, 0.15) is 0 Å². The molecule has 11 nitrogen and oxygen atoms in total. The molecule has 0 fully saturated rings. The molecule has 16 heavy (non-hydrogen) atoms. The maximum atomic E-state index is 8.97. The van der Waals surface area contributed by atoms with Crippen molar-refractivity contribution in [3.8, 4) is 0 Å². The lowest BCUT2D eigenvalue weighted by Crippen LogP contribution is -2.09. The van der Waals surface area contributed by atoms with Crippen molar-refractivity contribution in [3.05, 3.63) is 0 Å². The number of nitrogens with zero attached hydrogens (tertiary/aromatic N) is 3. The lowest BCUT2D eigenvalue weighted by molar-refractivity contribution is 0.324. The van der Waals surface area contributed by atoms with Crippen LogP contribution in [0.2, 0.25) is 0 Å². The van der Waals surface area contributed by atoms with Crippen LogP contribution >= 0.6 is 0 Å². The Morgan fingerprint density at radius 2 is 1.56 bits per heavy atom. The molecule has 0 atom stereocenters. The number of rotatable bonds is 2. The maximum absolute atomic E-state index is 8.97. The summed E-state index contributed by atoms with van der Waals surface area (Å²) in [6, 6.07) is 0. The first-order valence-electron chi connectivity index (χ1n) is 3.59. The first-order chi connectivity index (χ1) is 7.22. The number of anilines is 3. The normalized spacial score (nSPS) is 10.2. The largest absolute Gasteiger partial charge is 0.376 e. The summed E-state index contributed by atoms with van der Waals surface area (Å²) in [5.74, 6) is 0.208. The molecule has 92 valence electrons. The Kier molecular flexibility index (Phi) is 5.31. The van der Waals surface area contributed by atoms with Crippen LogP contribution < -0.4 is 21.9 Å². The summed E-state index contributed by atoms with van der Waals surface area (Å²) in [5.41, 5.74) is 10.5. The summed E-state index contributed by atoms with van der Waals surface area (Å²) >= 11 is 0. The van der Waals surface area contributed by atoms with E-state index < -0.39 is 10.3 Å². The van der Waals surface area contributed by atoms with E-state index in [4.69, 9.17) is 29.5 Å². The van der Waals surface area contributed by atoms with Gasteiger partial charge in [0.2, 0.25) is 17.8 Å². The molecule has 0 spiro atoms. The molecular weight excluding hydrogens is 242 g/mol.